The van der Waals surface area contributed by atoms with Crippen molar-refractivity contribution in [3.05, 3.63) is 83.9 Å². The number of nitrogens with one attached hydrogen (secondary N) is 1. The standard InChI is InChI=1S/C30H33N3O2S/c1-21-4-6-22(7-5-21)20-33-18-16-25(17-19-33)31-30-32-28(23-8-12-26(34-2)13-9-23)29(36-30)24-10-14-27(35-3)15-11-24/h4-15,25H,16-20H2,1-3H3,(H,31,32). The van der Waals surface area contributed by atoms with Crippen molar-refractivity contribution >= 4 is 16.5 Å². The minimum atomic E-state index is 0.429. The normalized spacial score (nSPS) is 14.5. The molecule has 1 aliphatic heterocycles. The number of anilines is 1. The Morgan fingerprint density at radius 1 is 0.833 bits per heavy atom. The van der Waals surface area contributed by atoms with Crippen molar-refractivity contribution in [3.8, 4) is 33.2 Å². The van der Waals surface area contributed by atoms with E-state index >= 15 is 0 Å². The monoisotopic (exact) mass is 499 g/mol. The molecule has 1 aromatic heterocycles. The lowest BCUT2D eigenvalue weighted by molar-refractivity contribution is 0.211. The molecule has 1 N–H and O–H groups in total. The minimum Gasteiger partial charge on any atom is -0.497 e. The van der Waals surface area contributed by atoms with Crippen molar-refractivity contribution in [2.45, 2.75) is 32.4 Å². The number of aromatic nitrogens is 1. The Morgan fingerprint density at radius 2 is 1.42 bits per heavy atom. The molecule has 0 unspecified atom stereocenters. The predicted molar refractivity (Wildman–Crippen MR) is 149 cm³/mol. The van der Waals surface area contributed by atoms with E-state index in [0.29, 0.717) is 6.04 Å². The number of aryl methyl sites for hydroxylation is 1. The fourth-order valence-corrected chi connectivity index (χ4v) is 5.70. The van der Waals surface area contributed by atoms with Crippen LogP contribution in [0.2, 0.25) is 0 Å². The quantitative estimate of drug-likeness (QED) is 0.286. The summed E-state index contributed by atoms with van der Waals surface area (Å²) in [6, 6.07) is 25.7. The zero-order valence-electron chi connectivity index (χ0n) is 21.2. The second-order valence-electron chi connectivity index (χ2n) is 9.33. The number of hydrogen-bond donors (Lipinski definition) is 1. The molecule has 1 aliphatic rings. The van der Waals surface area contributed by atoms with Crippen molar-refractivity contribution < 1.29 is 9.47 Å². The average Bonchev–Trinajstić information content (AvgIpc) is 3.35. The van der Waals surface area contributed by atoms with E-state index < -0.39 is 0 Å². The molecule has 2 heterocycles. The summed E-state index contributed by atoms with van der Waals surface area (Å²) in [5.74, 6) is 1.70. The number of benzene rings is 3. The Kier molecular flexibility index (Phi) is 7.54. The molecule has 186 valence electrons. The average molecular weight is 500 g/mol. The summed E-state index contributed by atoms with van der Waals surface area (Å²) < 4.78 is 10.7. The maximum atomic E-state index is 5.36. The van der Waals surface area contributed by atoms with Gasteiger partial charge in [-0.3, -0.25) is 4.90 Å². The highest BCUT2D eigenvalue weighted by Crippen LogP contribution is 2.40. The first kappa shape index (κ1) is 24.3. The van der Waals surface area contributed by atoms with E-state index in [2.05, 4.69) is 65.7 Å². The van der Waals surface area contributed by atoms with Crippen molar-refractivity contribution in [3.63, 3.8) is 0 Å². The number of ether oxygens (including phenoxy) is 2. The maximum absolute atomic E-state index is 5.36. The molecule has 3 aromatic carbocycles. The lowest BCUT2D eigenvalue weighted by Crippen LogP contribution is -2.38. The number of piperidine rings is 1. The molecule has 36 heavy (non-hydrogen) atoms. The predicted octanol–water partition coefficient (Wildman–Crippen LogP) is 6.88. The summed E-state index contributed by atoms with van der Waals surface area (Å²) in [6.45, 7) is 5.34. The Morgan fingerprint density at radius 3 is 2.00 bits per heavy atom. The second kappa shape index (κ2) is 11.1. The summed E-state index contributed by atoms with van der Waals surface area (Å²) in [6.07, 6.45) is 2.22. The zero-order valence-corrected chi connectivity index (χ0v) is 22.0. The van der Waals surface area contributed by atoms with Gasteiger partial charge in [-0.15, -0.1) is 0 Å². The largest absolute Gasteiger partial charge is 0.497 e. The van der Waals surface area contributed by atoms with Gasteiger partial charge in [-0.2, -0.15) is 0 Å². The van der Waals surface area contributed by atoms with Crippen LogP contribution in [0.15, 0.2) is 72.8 Å². The highest BCUT2D eigenvalue weighted by molar-refractivity contribution is 7.19. The molecule has 0 bridgehead atoms. The number of thiazole rings is 1. The van der Waals surface area contributed by atoms with Crippen LogP contribution in [-0.4, -0.2) is 43.2 Å². The van der Waals surface area contributed by atoms with E-state index in [-0.39, 0.29) is 0 Å². The topological polar surface area (TPSA) is 46.6 Å². The van der Waals surface area contributed by atoms with E-state index in [1.54, 1.807) is 25.6 Å². The number of hydrogen-bond acceptors (Lipinski definition) is 6. The number of rotatable bonds is 8. The molecule has 0 atom stereocenters. The van der Waals surface area contributed by atoms with Crippen LogP contribution < -0.4 is 14.8 Å². The maximum Gasteiger partial charge on any atom is 0.184 e. The molecular formula is C30H33N3O2S. The Bertz CT molecular complexity index is 1190. The summed E-state index contributed by atoms with van der Waals surface area (Å²) in [4.78, 5) is 8.77. The van der Waals surface area contributed by atoms with Crippen LogP contribution in [0, 0.1) is 6.92 Å². The minimum absolute atomic E-state index is 0.429. The Balaban J connectivity index is 1.31. The van der Waals surface area contributed by atoms with Crippen LogP contribution in [0.3, 0.4) is 0 Å². The van der Waals surface area contributed by atoms with Crippen LogP contribution in [-0.2, 0) is 6.54 Å². The summed E-state index contributed by atoms with van der Waals surface area (Å²) in [7, 11) is 3.38. The summed E-state index contributed by atoms with van der Waals surface area (Å²) >= 11 is 1.72. The molecule has 0 spiro atoms. The van der Waals surface area contributed by atoms with Gasteiger partial charge >= 0.3 is 0 Å². The van der Waals surface area contributed by atoms with Crippen molar-refractivity contribution in [2.75, 3.05) is 32.6 Å². The van der Waals surface area contributed by atoms with Crippen LogP contribution in [0.4, 0.5) is 5.13 Å². The third-order valence-corrected chi connectivity index (χ3v) is 7.82. The van der Waals surface area contributed by atoms with Crippen LogP contribution in [0.5, 0.6) is 11.5 Å². The smallest absolute Gasteiger partial charge is 0.184 e. The van der Waals surface area contributed by atoms with Crippen LogP contribution in [0.25, 0.3) is 21.7 Å². The van der Waals surface area contributed by atoms with Crippen LogP contribution in [0.1, 0.15) is 24.0 Å². The molecule has 1 fully saturated rings. The van der Waals surface area contributed by atoms with Gasteiger partial charge in [-0.1, -0.05) is 41.2 Å². The molecular weight excluding hydrogens is 466 g/mol. The van der Waals surface area contributed by atoms with E-state index in [9.17, 15) is 0 Å². The van der Waals surface area contributed by atoms with E-state index in [1.807, 2.05) is 24.3 Å². The Hall–Kier alpha value is -3.35. The third-order valence-electron chi connectivity index (χ3n) is 6.78. The van der Waals surface area contributed by atoms with Gasteiger partial charge in [-0.05, 0) is 79.4 Å². The van der Waals surface area contributed by atoms with Gasteiger partial charge in [0.2, 0.25) is 0 Å². The highest BCUT2D eigenvalue weighted by Gasteiger charge is 2.22. The van der Waals surface area contributed by atoms with E-state index in [1.165, 1.54) is 11.1 Å². The molecule has 0 aliphatic carbocycles. The van der Waals surface area contributed by atoms with Gasteiger partial charge in [0.15, 0.2) is 5.13 Å². The molecule has 1 saturated heterocycles. The molecule has 5 nitrogen and oxygen atoms in total. The number of methoxy groups -OCH3 is 2. The number of nitrogens with zero attached hydrogens (tertiary/aromatic N) is 2. The first-order chi connectivity index (χ1) is 17.6. The Labute approximate surface area is 217 Å². The van der Waals surface area contributed by atoms with Gasteiger partial charge in [0.05, 0.1) is 24.8 Å². The summed E-state index contributed by atoms with van der Waals surface area (Å²) in [5, 5.41) is 4.73. The highest BCUT2D eigenvalue weighted by atomic mass is 32.1. The van der Waals surface area contributed by atoms with Gasteiger partial charge in [0, 0.05) is 31.2 Å². The molecule has 4 aromatic rings. The van der Waals surface area contributed by atoms with Gasteiger partial charge in [0.25, 0.3) is 0 Å². The van der Waals surface area contributed by atoms with Gasteiger partial charge in [-0.25, -0.2) is 4.98 Å². The summed E-state index contributed by atoms with van der Waals surface area (Å²) in [5.41, 5.74) is 5.92. The molecule has 6 heteroatoms. The number of likely N-dealkylation sites (tertiary alicyclic amines) is 1. The van der Waals surface area contributed by atoms with Crippen molar-refractivity contribution in [2.24, 2.45) is 0 Å². The van der Waals surface area contributed by atoms with Crippen molar-refractivity contribution in [1.29, 1.82) is 0 Å². The van der Waals surface area contributed by atoms with Gasteiger partial charge in [0.1, 0.15) is 11.5 Å². The third kappa shape index (κ3) is 5.72. The fourth-order valence-electron chi connectivity index (χ4n) is 4.63. The second-order valence-corrected chi connectivity index (χ2v) is 10.3. The van der Waals surface area contributed by atoms with Crippen LogP contribution >= 0.6 is 11.3 Å². The van der Waals surface area contributed by atoms with Crippen molar-refractivity contribution in [1.82, 2.24) is 9.88 Å². The van der Waals surface area contributed by atoms with Gasteiger partial charge < -0.3 is 14.8 Å². The van der Waals surface area contributed by atoms with E-state index in [4.69, 9.17) is 14.5 Å². The molecule has 0 saturated carbocycles. The first-order valence-corrected chi connectivity index (χ1v) is 13.3. The fraction of sp³-hybridized carbons (Fsp3) is 0.300. The molecule has 0 amide bonds. The SMILES string of the molecule is COc1ccc(-c2nc(NC3CCN(Cc4ccc(C)cc4)CC3)sc2-c2ccc(OC)cc2)cc1. The van der Waals surface area contributed by atoms with E-state index in [0.717, 1.165) is 70.8 Å². The lowest BCUT2D eigenvalue weighted by atomic mass is 10.0. The zero-order chi connectivity index (χ0) is 24.9. The molecule has 5 rings (SSSR count). The lowest BCUT2D eigenvalue weighted by Gasteiger charge is -2.32. The molecule has 0 radical (unpaired) electrons. The first-order valence-electron chi connectivity index (χ1n) is 12.5.